The second kappa shape index (κ2) is 7.55. The Morgan fingerprint density at radius 2 is 1.69 bits per heavy atom. The first-order valence-corrected chi connectivity index (χ1v) is 11.1. The smallest absolute Gasteiger partial charge is 0.226 e. The van der Waals surface area contributed by atoms with Crippen LogP contribution in [0.4, 0.5) is 5.95 Å². The normalized spacial score (nSPS) is 18.8. The number of nitrogens with one attached hydrogen (secondary N) is 1. The van der Waals surface area contributed by atoms with Crippen molar-refractivity contribution in [3.05, 3.63) is 110 Å². The summed E-state index contributed by atoms with van der Waals surface area (Å²) in [5.74, 6) is 1.35. The highest BCUT2D eigenvalue weighted by Crippen LogP contribution is 2.51. The Bertz CT molecular complexity index is 1380. The van der Waals surface area contributed by atoms with Crippen LogP contribution in [0.2, 0.25) is 15.1 Å². The third-order valence-corrected chi connectivity index (χ3v) is 6.53. The third-order valence-electron chi connectivity index (χ3n) is 5.74. The van der Waals surface area contributed by atoms with Crippen molar-refractivity contribution in [2.24, 2.45) is 0 Å². The first-order valence-electron chi connectivity index (χ1n) is 9.97. The first kappa shape index (κ1) is 19.7. The Labute approximate surface area is 199 Å². The SMILES string of the molecule is Clc1ccc(C2Oc3ccc(Cl)cc3C3=C2C(c2ccccc2)n2ncnc2N3)c(Cl)c1. The van der Waals surface area contributed by atoms with Crippen LogP contribution in [-0.4, -0.2) is 14.8 Å². The Morgan fingerprint density at radius 3 is 2.50 bits per heavy atom. The lowest BCUT2D eigenvalue weighted by Crippen LogP contribution is -2.32. The van der Waals surface area contributed by atoms with Gasteiger partial charge in [0.15, 0.2) is 6.10 Å². The van der Waals surface area contributed by atoms with Gasteiger partial charge in [-0.15, -0.1) is 0 Å². The van der Waals surface area contributed by atoms with Gasteiger partial charge < -0.3 is 10.1 Å². The summed E-state index contributed by atoms with van der Waals surface area (Å²) in [6.07, 6.45) is 1.07. The molecule has 2 unspecified atom stereocenters. The fourth-order valence-electron chi connectivity index (χ4n) is 4.37. The lowest BCUT2D eigenvalue weighted by atomic mass is 9.84. The number of ether oxygens (including phenoxy) is 1. The monoisotopic (exact) mass is 480 g/mol. The first-order chi connectivity index (χ1) is 15.6. The number of halogens is 3. The zero-order valence-electron chi connectivity index (χ0n) is 16.5. The predicted molar refractivity (Wildman–Crippen MR) is 126 cm³/mol. The highest BCUT2D eigenvalue weighted by Gasteiger charge is 2.41. The highest BCUT2D eigenvalue weighted by molar-refractivity contribution is 6.35. The zero-order chi connectivity index (χ0) is 21.8. The summed E-state index contributed by atoms with van der Waals surface area (Å²) in [6, 6.07) is 20.9. The number of anilines is 1. The molecule has 32 heavy (non-hydrogen) atoms. The number of hydrogen-bond acceptors (Lipinski definition) is 4. The number of hydrogen-bond donors (Lipinski definition) is 1. The van der Waals surface area contributed by atoms with Crippen LogP contribution in [0.5, 0.6) is 5.75 Å². The Kier molecular flexibility index (Phi) is 4.65. The van der Waals surface area contributed by atoms with Crippen LogP contribution in [0, 0.1) is 0 Å². The Hall–Kier alpha value is -2.99. The summed E-state index contributed by atoms with van der Waals surface area (Å²) in [4.78, 5) is 4.44. The lowest BCUT2D eigenvalue weighted by Gasteiger charge is -2.39. The van der Waals surface area contributed by atoms with E-state index in [1.54, 1.807) is 12.4 Å². The number of nitrogens with zero attached hydrogens (tertiary/aromatic N) is 3. The fraction of sp³-hybridized carbons (Fsp3) is 0.0833. The van der Waals surface area contributed by atoms with Gasteiger partial charge in [0.2, 0.25) is 5.95 Å². The maximum absolute atomic E-state index is 6.66. The second-order valence-corrected chi connectivity index (χ2v) is 8.88. The van der Waals surface area contributed by atoms with E-state index in [-0.39, 0.29) is 6.04 Å². The molecule has 0 fully saturated rings. The highest BCUT2D eigenvalue weighted by atomic mass is 35.5. The van der Waals surface area contributed by atoms with Gasteiger partial charge >= 0.3 is 0 Å². The number of rotatable bonds is 2. The van der Waals surface area contributed by atoms with Gasteiger partial charge in [-0.1, -0.05) is 71.2 Å². The maximum Gasteiger partial charge on any atom is 0.226 e. The van der Waals surface area contributed by atoms with Crippen molar-refractivity contribution in [1.82, 2.24) is 14.8 Å². The minimum atomic E-state index is -0.474. The molecule has 3 aromatic carbocycles. The quantitative estimate of drug-likeness (QED) is 0.342. The summed E-state index contributed by atoms with van der Waals surface area (Å²) in [7, 11) is 0. The summed E-state index contributed by atoms with van der Waals surface area (Å²) in [5.41, 5.74) is 4.59. The van der Waals surface area contributed by atoms with Crippen LogP contribution in [0.3, 0.4) is 0 Å². The molecule has 6 rings (SSSR count). The van der Waals surface area contributed by atoms with Crippen molar-refractivity contribution in [2.75, 3.05) is 5.32 Å². The van der Waals surface area contributed by atoms with Gasteiger partial charge in [-0.2, -0.15) is 10.1 Å². The van der Waals surface area contributed by atoms with Crippen molar-refractivity contribution in [3.63, 3.8) is 0 Å². The van der Waals surface area contributed by atoms with Crippen LogP contribution in [-0.2, 0) is 0 Å². The molecule has 0 bridgehead atoms. The van der Waals surface area contributed by atoms with E-state index in [1.165, 1.54) is 0 Å². The molecule has 2 aliphatic heterocycles. The molecule has 0 spiro atoms. The molecule has 3 heterocycles. The molecule has 1 aromatic heterocycles. The van der Waals surface area contributed by atoms with Crippen LogP contribution in [0.1, 0.15) is 28.8 Å². The molecule has 2 atom stereocenters. The van der Waals surface area contributed by atoms with E-state index in [9.17, 15) is 0 Å². The molecule has 1 N–H and O–H groups in total. The van der Waals surface area contributed by atoms with Gasteiger partial charge in [0, 0.05) is 31.8 Å². The van der Waals surface area contributed by atoms with Crippen molar-refractivity contribution in [2.45, 2.75) is 12.1 Å². The third kappa shape index (κ3) is 3.08. The molecule has 0 aliphatic carbocycles. The fourth-order valence-corrected chi connectivity index (χ4v) is 5.05. The number of benzene rings is 3. The van der Waals surface area contributed by atoms with Crippen molar-refractivity contribution < 1.29 is 4.74 Å². The van der Waals surface area contributed by atoms with E-state index < -0.39 is 6.10 Å². The summed E-state index contributed by atoms with van der Waals surface area (Å²) < 4.78 is 8.43. The average Bonchev–Trinajstić information content (AvgIpc) is 3.26. The van der Waals surface area contributed by atoms with E-state index in [0.717, 1.165) is 28.0 Å². The molecule has 0 saturated carbocycles. The topological polar surface area (TPSA) is 52.0 Å². The van der Waals surface area contributed by atoms with Crippen molar-refractivity contribution in [3.8, 4) is 5.75 Å². The van der Waals surface area contributed by atoms with Crippen LogP contribution in [0.25, 0.3) is 5.70 Å². The molecule has 4 aromatic rings. The van der Waals surface area contributed by atoms with Gasteiger partial charge in [-0.3, -0.25) is 0 Å². The molecule has 8 heteroatoms. The Balaban J connectivity index is 1.65. The average molecular weight is 482 g/mol. The summed E-state index contributed by atoms with van der Waals surface area (Å²) >= 11 is 19.2. The van der Waals surface area contributed by atoms with Crippen LogP contribution in [0.15, 0.2) is 78.6 Å². The lowest BCUT2D eigenvalue weighted by molar-refractivity contribution is 0.223. The van der Waals surface area contributed by atoms with Gasteiger partial charge in [0.1, 0.15) is 18.1 Å². The Morgan fingerprint density at radius 1 is 0.906 bits per heavy atom. The molecule has 0 saturated heterocycles. The predicted octanol–water partition coefficient (Wildman–Crippen LogP) is 6.80. The van der Waals surface area contributed by atoms with E-state index in [4.69, 9.17) is 39.5 Å². The minimum absolute atomic E-state index is 0.256. The number of fused-ring (bicyclic) bond motifs is 3. The standard InChI is InChI=1S/C24H15Cl3N4O/c25-14-7-9-19-17(10-14)21-20(23(32-19)16-8-6-15(26)11-18(16)27)22(13-4-2-1-3-5-13)31-24(30-21)28-12-29-31/h1-12,22-23H,(H,28,29,30). The van der Waals surface area contributed by atoms with E-state index in [0.29, 0.717) is 26.8 Å². The van der Waals surface area contributed by atoms with Gasteiger partial charge in [-0.25, -0.2) is 4.68 Å². The second-order valence-electron chi connectivity index (χ2n) is 7.60. The molecular formula is C24H15Cl3N4O. The van der Waals surface area contributed by atoms with Gasteiger partial charge in [0.25, 0.3) is 0 Å². The maximum atomic E-state index is 6.66. The summed E-state index contributed by atoms with van der Waals surface area (Å²) in [5, 5.41) is 9.68. The van der Waals surface area contributed by atoms with E-state index >= 15 is 0 Å². The number of aromatic nitrogens is 3. The molecule has 2 aliphatic rings. The zero-order valence-corrected chi connectivity index (χ0v) is 18.7. The van der Waals surface area contributed by atoms with Crippen LogP contribution >= 0.6 is 34.8 Å². The molecule has 5 nitrogen and oxygen atoms in total. The van der Waals surface area contributed by atoms with Crippen LogP contribution < -0.4 is 10.1 Å². The van der Waals surface area contributed by atoms with E-state index in [2.05, 4.69) is 27.5 Å². The van der Waals surface area contributed by atoms with Crippen molar-refractivity contribution >= 4 is 46.4 Å². The molecular weight excluding hydrogens is 467 g/mol. The van der Waals surface area contributed by atoms with Gasteiger partial charge in [-0.05, 0) is 35.9 Å². The molecule has 0 amide bonds. The van der Waals surface area contributed by atoms with Gasteiger partial charge in [0.05, 0.1) is 5.70 Å². The van der Waals surface area contributed by atoms with Crippen molar-refractivity contribution in [1.29, 1.82) is 0 Å². The summed E-state index contributed by atoms with van der Waals surface area (Å²) in [6.45, 7) is 0. The minimum Gasteiger partial charge on any atom is -0.480 e. The largest absolute Gasteiger partial charge is 0.480 e. The molecule has 158 valence electrons. The molecule has 0 radical (unpaired) electrons. The van der Waals surface area contributed by atoms with E-state index in [1.807, 2.05) is 53.2 Å².